The molecule has 9 heteroatoms. The van der Waals surface area contributed by atoms with Crippen LogP contribution in [0.15, 0.2) is 25.3 Å². The monoisotopic (exact) mass is 466 g/mol. The van der Waals surface area contributed by atoms with Crippen LogP contribution in [0.5, 0.6) is 0 Å². The summed E-state index contributed by atoms with van der Waals surface area (Å²) in [7, 11) is 0. The van der Waals surface area contributed by atoms with E-state index in [4.69, 9.17) is 0 Å². The second-order valence-electron chi connectivity index (χ2n) is 9.23. The Balaban J connectivity index is -0.000000367. The fourth-order valence-corrected chi connectivity index (χ4v) is 1.73. The van der Waals surface area contributed by atoms with Crippen molar-refractivity contribution in [2.45, 2.75) is 120 Å². The lowest BCUT2D eigenvalue weighted by atomic mass is 9.96. The molecular weight excluding hydrogens is 414 g/mol. The third-order valence-corrected chi connectivity index (χ3v) is 3.43. The van der Waals surface area contributed by atoms with E-state index in [9.17, 15) is 0 Å². The summed E-state index contributed by atoms with van der Waals surface area (Å²) < 4.78 is 1.95. The zero-order chi connectivity index (χ0) is 26.7. The van der Waals surface area contributed by atoms with E-state index in [1.54, 1.807) is 12.7 Å². The number of nitrogens with zero attached hydrogens (tertiary/aromatic N) is 6. The molecule has 0 saturated carbocycles. The lowest BCUT2D eigenvalue weighted by Gasteiger charge is -2.12. The molecule has 3 aromatic rings. The summed E-state index contributed by atoms with van der Waals surface area (Å²) in [6.45, 7) is 30.9. The Morgan fingerprint density at radius 3 is 1.12 bits per heavy atom. The van der Waals surface area contributed by atoms with Gasteiger partial charge in [-0.3, -0.25) is 10.2 Å². The van der Waals surface area contributed by atoms with Crippen molar-refractivity contribution < 1.29 is 4.68 Å². The quantitative estimate of drug-likeness (QED) is 0.366. The molecule has 9 nitrogen and oxygen atoms in total. The van der Waals surface area contributed by atoms with Gasteiger partial charge in [0.05, 0.1) is 0 Å². The first kappa shape index (κ1) is 35.0. The van der Waals surface area contributed by atoms with E-state index in [1.165, 1.54) is 12.7 Å². The highest BCUT2D eigenvalue weighted by Gasteiger charge is 2.18. The first-order chi connectivity index (χ1) is 15.3. The molecule has 0 bridgehead atoms. The lowest BCUT2D eigenvalue weighted by Crippen LogP contribution is -2.51. The standard InChI is InChI=1S/3C6H11N3.3C2H6/c1-6(2,3)9-5-7-4-8-9;2*1-6(2,3)5-7-4-8-9-5;3*1-2/h4-5H,1-3H3;2*4H,1-3H3,(H,7,8,9);3*1-2H3/p+1. The van der Waals surface area contributed by atoms with Crippen molar-refractivity contribution in [3.8, 4) is 0 Å². The summed E-state index contributed by atoms with van der Waals surface area (Å²) in [5, 5.41) is 16.1. The van der Waals surface area contributed by atoms with Crippen LogP contribution in [0.4, 0.5) is 0 Å². The third-order valence-electron chi connectivity index (χ3n) is 3.43. The molecule has 0 radical (unpaired) electrons. The molecule has 0 spiro atoms. The zero-order valence-corrected chi connectivity index (χ0v) is 24.0. The van der Waals surface area contributed by atoms with Crippen LogP contribution in [0.3, 0.4) is 0 Å². The van der Waals surface area contributed by atoms with Gasteiger partial charge in [0.15, 0.2) is 0 Å². The Morgan fingerprint density at radius 2 is 1.00 bits per heavy atom. The first-order valence-electron chi connectivity index (χ1n) is 11.9. The van der Waals surface area contributed by atoms with Gasteiger partial charge in [-0.25, -0.2) is 9.97 Å². The molecule has 0 amide bonds. The number of nitrogens with one attached hydrogen (secondary N) is 3. The van der Waals surface area contributed by atoms with Gasteiger partial charge in [-0.1, -0.05) is 83.1 Å². The molecule has 3 N–H and O–H groups in total. The topological polar surface area (TPSA) is 116 Å². The molecule has 0 aliphatic rings. The highest BCUT2D eigenvalue weighted by atomic mass is 15.3. The maximum Gasteiger partial charge on any atom is 0.307 e. The van der Waals surface area contributed by atoms with Gasteiger partial charge < -0.3 is 0 Å². The highest BCUT2D eigenvalue weighted by molar-refractivity contribution is 4.97. The van der Waals surface area contributed by atoms with E-state index >= 15 is 0 Å². The summed E-state index contributed by atoms with van der Waals surface area (Å²) in [6, 6.07) is 0. The Morgan fingerprint density at radius 1 is 0.636 bits per heavy atom. The SMILES string of the molecule is CC.CC.CC.CC(C)(C)[n+]1cnc[nH]1.CC(C)(C)c1ncn[nH]1.CC(C)(C)c1ncn[nH]1. The van der Waals surface area contributed by atoms with E-state index in [1.807, 2.05) is 46.2 Å². The van der Waals surface area contributed by atoms with Crippen molar-refractivity contribution in [3.63, 3.8) is 0 Å². The molecule has 0 unspecified atom stereocenters. The number of H-pyrrole nitrogens is 3. The molecule has 33 heavy (non-hydrogen) atoms. The van der Waals surface area contributed by atoms with Gasteiger partial charge >= 0.3 is 6.33 Å². The van der Waals surface area contributed by atoms with Crippen LogP contribution in [-0.4, -0.2) is 40.4 Å². The van der Waals surface area contributed by atoms with Gasteiger partial charge in [-0.2, -0.15) is 20.0 Å². The number of hydrogen-bond donors (Lipinski definition) is 3. The molecule has 192 valence electrons. The lowest BCUT2D eigenvalue weighted by molar-refractivity contribution is -0.803. The summed E-state index contributed by atoms with van der Waals surface area (Å²) in [5.74, 6) is 1.87. The van der Waals surface area contributed by atoms with Gasteiger partial charge in [0.25, 0.3) is 0 Å². The second-order valence-corrected chi connectivity index (χ2v) is 9.23. The third kappa shape index (κ3) is 16.7. The molecule has 0 aliphatic heterocycles. The molecule has 0 aliphatic carbocycles. The highest BCUT2D eigenvalue weighted by Crippen LogP contribution is 2.16. The molecule has 3 rings (SSSR count). The fourth-order valence-electron chi connectivity index (χ4n) is 1.73. The van der Waals surface area contributed by atoms with Gasteiger partial charge in [0, 0.05) is 10.8 Å². The number of aromatic amines is 3. The number of aromatic nitrogens is 9. The van der Waals surface area contributed by atoms with E-state index in [2.05, 4.69) is 103 Å². The number of hydrogen-bond acceptors (Lipinski definition) is 5. The normalized spacial score (nSPS) is 10.3. The Labute approximate surface area is 202 Å². The fraction of sp³-hybridized carbons (Fsp3) is 0.750. The average Bonchev–Trinajstić information content (AvgIpc) is 3.55. The minimum Gasteiger partial charge on any atom is -0.263 e. The van der Waals surface area contributed by atoms with Crippen LogP contribution in [0.1, 0.15) is 116 Å². The molecule has 0 aromatic carbocycles. The van der Waals surface area contributed by atoms with Crippen LogP contribution in [0.25, 0.3) is 0 Å². The Hall–Kier alpha value is -2.58. The summed E-state index contributed by atoms with van der Waals surface area (Å²) in [5.41, 5.74) is 0.309. The van der Waals surface area contributed by atoms with Crippen molar-refractivity contribution in [1.82, 2.24) is 40.4 Å². The molecular formula is C24H52N9+. The summed E-state index contributed by atoms with van der Waals surface area (Å²) in [4.78, 5) is 11.9. The van der Waals surface area contributed by atoms with Crippen LogP contribution >= 0.6 is 0 Å². The average molecular weight is 467 g/mol. The van der Waals surface area contributed by atoms with Crippen LogP contribution in [0.2, 0.25) is 0 Å². The first-order valence-corrected chi connectivity index (χ1v) is 11.9. The molecule has 0 fully saturated rings. The minimum atomic E-state index is 0.0938. The Kier molecular flexibility index (Phi) is 19.0. The van der Waals surface area contributed by atoms with Crippen molar-refractivity contribution in [2.75, 3.05) is 0 Å². The van der Waals surface area contributed by atoms with Crippen LogP contribution in [0, 0.1) is 0 Å². The molecule has 0 atom stereocenters. The zero-order valence-electron chi connectivity index (χ0n) is 24.0. The summed E-state index contributed by atoms with van der Waals surface area (Å²) in [6.07, 6.45) is 6.51. The maximum absolute atomic E-state index is 4.02. The number of rotatable bonds is 0. The van der Waals surface area contributed by atoms with Crippen LogP contribution < -0.4 is 4.68 Å². The van der Waals surface area contributed by atoms with E-state index in [0.717, 1.165) is 11.6 Å². The van der Waals surface area contributed by atoms with Crippen molar-refractivity contribution >= 4 is 0 Å². The van der Waals surface area contributed by atoms with Gasteiger partial charge in [0.2, 0.25) is 6.33 Å². The Bertz CT molecular complexity index is 620. The van der Waals surface area contributed by atoms with Gasteiger partial charge in [-0.15, -0.1) is 0 Å². The minimum absolute atomic E-state index is 0.0938. The predicted octanol–water partition coefficient (Wildman–Crippen LogP) is 5.74. The second kappa shape index (κ2) is 17.9. The van der Waals surface area contributed by atoms with Gasteiger partial charge in [-0.05, 0) is 25.8 Å². The van der Waals surface area contributed by atoms with Crippen molar-refractivity contribution in [1.29, 1.82) is 0 Å². The van der Waals surface area contributed by atoms with E-state index in [0.29, 0.717) is 0 Å². The maximum atomic E-state index is 4.02. The molecule has 3 heterocycles. The predicted molar refractivity (Wildman–Crippen MR) is 138 cm³/mol. The van der Waals surface area contributed by atoms with E-state index < -0.39 is 0 Å². The van der Waals surface area contributed by atoms with Gasteiger partial charge in [0.1, 0.15) is 29.8 Å². The van der Waals surface area contributed by atoms with Crippen LogP contribution in [-0.2, 0) is 16.4 Å². The molecule has 0 saturated heterocycles. The van der Waals surface area contributed by atoms with Crippen molar-refractivity contribution in [3.05, 3.63) is 37.0 Å². The largest absolute Gasteiger partial charge is 0.307 e. The smallest absolute Gasteiger partial charge is 0.263 e. The van der Waals surface area contributed by atoms with Crippen molar-refractivity contribution in [2.24, 2.45) is 0 Å². The molecule has 3 aromatic heterocycles. The summed E-state index contributed by atoms with van der Waals surface area (Å²) >= 11 is 0. The van der Waals surface area contributed by atoms with E-state index in [-0.39, 0.29) is 16.4 Å².